The van der Waals surface area contributed by atoms with Gasteiger partial charge in [-0.1, -0.05) is 60.7 Å². The van der Waals surface area contributed by atoms with E-state index in [1.807, 2.05) is 35.2 Å². The van der Waals surface area contributed by atoms with Gasteiger partial charge in [0.05, 0.1) is 6.54 Å². The zero-order valence-electron chi connectivity index (χ0n) is 18.8. The fourth-order valence-corrected chi connectivity index (χ4v) is 4.15. The van der Waals surface area contributed by atoms with E-state index in [1.165, 1.54) is 11.1 Å². The Labute approximate surface area is 190 Å². The molecule has 0 aliphatic heterocycles. The number of aromatic nitrogens is 1. The molecule has 3 aromatic carbocycles. The molecular formula is C28H30N2O2. The molecule has 1 aromatic heterocycles. The molecule has 0 radical (unpaired) electrons. The lowest BCUT2D eigenvalue weighted by Crippen LogP contribution is -2.33. The van der Waals surface area contributed by atoms with E-state index < -0.39 is 0 Å². The first-order valence-electron chi connectivity index (χ1n) is 11.1. The van der Waals surface area contributed by atoms with Crippen LogP contribution < -0.4 is 0 Å². The van der Waals surface area contributed by atoms with E-state index in [0.717, 1.165) is 35.0 Å². The lowest BCUT2D eigenvalue weighted by atomic mass is 10.0. The number of hydrogen-bond donors (Lipinski definition) is 0. The summed E-state index contributed by atoms with van der Waals surface area (Å²) < 4.78 is 7.49. The quantitative estimate of drug-likeness (QED) is 0.323. The summed E-state index contributed by atoms with van der Waals surface area (Å²) in [4.78, 5) is 15.6. The maximum Gasteiger partial charge on any atom is 0.254 e. The summed E-state index contributed by atoms with van der Waals surface area (Å²) in [5, 5.41) is 2.07. The maximum atomic E-state index is 13.7. The molecule has 0 spiro atoms. The van der Waals surface area contributed by atoms with Crippen LogP contribution in [-0.2, 0) is 17.8 Å². The minimum Gasteiger partial charge on any atom is -0.385 e. The Kier molecular flexibility index (Phi) is 7.03. The second-order valence-corrected chi connectivity index (χ2v) is 8.15. The Morgan fingerprint density at radius 2 is 1.72 bits per heavy atom. The number of methoxy groups -OCH3 is 1. The molecule has 4 aromatic rings. The van der Waals surface area contributed by atoms with Crippen molar-refractivity contribution in [1.29, 1.82) is 0 Å². The molecule has 4 heteroatoms. The Bertz CT molecular complexity index is 1190. The first-order chi connectivity index (χ1) is 15.7. The van der Waals surface area contributed by atoms with Crippen molar-refractivity contribution >= 4 is 16.7 Å². The standard InChI is InChI=1S/C28H30N2O2/c1-22-10-3-4-12-24(22)20-29-17-8-14-25(29)21-30(18-9-19-32-2)28(31)27-16-7-13-23-11-5-6-15-26(23)27/h3-8,10-17H,9,18-21H2,1-2H3. The van der Waals surface area contributed by atoms with Crippen molar-refractivity contribution < 1.29 is 9.53 Å². The second kappa shape index (κ2) is 10.3. The summed E-state index contributed by atoms with van der Waals surface area (Å²) in [7, 11) is 1.70. The van der Waals surface area contributed by atoms with Gasteiger partial charge in [0.2, 0.25) is 0 Å². The third kappa shape index (κ3) is 4.92. The molecule has 4 rings (SSSR count). The zero-order chi connectivity index (χ0) is 22.3. The summed E-state index contributed by atoms with van der Waals surface area (Å²) in [6.45, 7) is 4.77. The van der Waals surface area contributed by atoms with Crippen LogP contribution in [0.5, 0.6) is 0 Å². The number of hydrogen-bond acceptors (Lipinski definition) is 2. The fourth-order valence-electron chi connectivity index (χ4n) is 4.15. The third-order valence-corrected chi connectivity index (χ3v) is 5.96. The van der Waals surface area contributed by atoms with E-state index in [4.69, 9.17) is 4.74 Å². The van der Waals surface area contributed by atoms with E-state index in [2.05, 4.69) is 66.2 Å². The van der Waals surface area contributed by atoms with Gasteiger partial charge < -0.3 is 14.2 Å². The average molecular weight is 427 g/mol. The molecule has 0 saturated carbocycles. The van der Waals surface area contributed by atoms with Gasteiger partial charge in [0, 0.05) is 44.3 Å². The van der Waals surface area contributed by atoms with Crippen molar-refractivity contribution in [2.75, 3.05) is 20.3 Å². The number of amides is 1. The van der Waals surface area contributed by atoms with Crippen LogP contribution in [0.1, 0.15) is 33.6 Å². The van der Waals surface area contributed by atoms with Crippen molar-refractivity contribution in [2.45, 2.75) is 26.4 Å². The van der Waals surface area contributed by atoms with E-state index in [0.29, 0.717) is 19.7 Å². The van der Waals surface area contributed by atoms with Gasteiger partial charge >= 0.3 is 0 Å². The molecule has 1 amide bonds. The largest absolute Gasteiger partial charge is 0.385 e. The monoisotopic (exact) mass is 426 g/mol. The molecule has 0 aliphatic carbocycles. The minimum absolute atomic E-state index is 0.0570. The number of carbonyl (C=O) groups is 1. The van der Waals surface area contributed by atoms with Gasteiger partial charge in [-0.15, -0.1) is 0 Å². The normalized spacial score (nSPS) is 11.1. The van der Waals surface area contributed by atoms with Crippen molar-refractivity contribution in [3.8, 4) is 0 Å². The highest BCUT2D eigenvalue weighted by Crippen LogP contribution is 2.22. The molecular weight excluding hydrogens is 396 g/mol. The highest BCUT2D eigenvalue weighted by molar-refractivity contribution is 6.07. The lowest BCUT2D eigenvalue weighted by molar-refractivity contribution is 0.0722. The molecule has 164 valence electrons. The van der Waals surface area contributed by atoms with E-state index in [1.54, 1.807) is 7.11 Å². The van der Waals surface area contributed by atoms with Gasteiger partial charge in [-0.3, -0.25) is 4.79 Å². The Balaban J connectivity index is 1.61. The molecule has 1 heterocycles. The van der Waals surface area contributed by atoms with Gasteiger partial charge in [0.15, 0.2) is 0 Å². The molecule has 4 nitrogen and oxygen atoms in total. The number of nitrogens with zero attached hydrogens (tertiary/aromatic N) is 2. The Hall–Kier alpha value is -3.37. The number of ether oxygens (including phenoxy) is 1. The molecule has 0 aliphatic rings. The van der Waals surface area contributed by atoms with Crippen LogP contribution in [0.15, 0.2) is 85.1 Å². The maximum absolute atomic E-state index is 13.7. The summed E-state index contributed by atoms with van der Waals surface area (Å²) in [5.74, 6) is 0.0570. The van der Waals surface area contributed by atoms with Gasteiger partial charge in [-0.2, -0.15) is 0 Å². The summed E-state index contributed by atoms with van der Waals surface area (Å²) in [6, 6.07) is 26.6. The van der Waals surface area contributed by atoms with Crippen molar-refractivity contribution in [3.63, 3.8) is 0 Å². The predicted molar refractivity (Wildman–Crippen MR) is 130 cm³/mol. The van der Waals surface area contributed by atoms with Gasteiger partial charge in [0.1, 0.15) is 0 Å². The van der Waals surface area contributed by atoms with Crippen LogP contribution in [0.2, 0.25) is 0 Å². The number of fused-ring (bicyclic) bond motifs is 1. The van der Waals surface area contributed by atoms with E-state index in [-0.39, 0.29) is 5.91 Å². The van der Waals surface area contributed by atoms with Crippen molar-refractivity contribution in [3.05, 3.63) is 107 Å². The zero-order valence-corrected chi connectivity index (χ0v) is 18.8. The Morgan fingerprint density at radius 1 is 0.938 bits per heavy atom. The molecule has 0 atom stereocenters. The highest BCUT2D eigenvalue weighted by Gasteiger charge is 2.19. The van der Waals surface area contributed by atoms with Gasteiger partial charge in [0.25, 0.3) is 5.91 Å². The summed E-state index contributed by atoms with van der Waals surface area (Å²) in [5.41, 5.74) is 4.43. The van der Waals surface area contributed by atoms with Crippen molar-refractivity contribution in [1.82, 2.24) is 9.47 Å². The first kappa shape index (κ1) is 21.8. The SMILES string of the molecule is COCCCN(Cc1cccn1Cc1ccccc1C)C(=O)c1cccc2ccccc12. The number of carbonyl (C=O) groups excluding carboxylic acids is 1. The third-order valence-electron chi connectivity index (χ3n) is 5.96. The molecule has 0 fully saturated rings. The minimum atomic E-state index is 0.0570. The van der Waals surface area contributed by atoms with Crippen LogP contribution in [0.4, 0.5) is 0 Å². The van der Waals surface area contributed by atoms with Crippen LogP contribution in [-0.4, -0.2) is 35.6 Å². The molecule has 32 heavy (non-hydrogen) atoms. The topological polar surface area (TPSA) is 34.5 Å². The van der Waals surface area contributed by atoms with Crippen molar-refractivity contribution in [2.24, 2.45) is 0 Å². The van der Waals surface area contributed by atoms with Crippen LogP contribution in [0, 0.1) is 6.92 Å². The first-order valence-corrected chi connectivity index (χ1v) is 11.1. The second-order valence-electron chi connectivity index (χ2n) is 8.15. The van der Waals surface area contributed by atoms with Gasteiger partial charge in [-0.05, 0) is 53.4 Å². The number of rotatable bonds is 9. The molecule has 0 saturated heterocycles. The molecule has 0 bridgehead atoms. The van der Waals surface area contributed by atoms with E-state index >= 15 is 0 Å². The number of benzene rings is 3. The predicted octanol–water partition coefficient (Wildman–Crippen LogP) is 5.68. The molecule has 0 N–H and O–H groups in total. The highest BCUT2D eigenvalue weighted by atomic mass is 16.5. The van der Waals surface area contributed by atoms with Crippen LogP contribution >= 0.6 is 0 Å². The van der Waals surface area contributed by atoms with Gasteiger partial charge in [-0.25, -0.2) is 0 Å². The smallest absolute Gasteiger partial charge is 0.254 e. The number of aryl methyl sites for hydroxylation is 1. The van der Waals surface area contributed by atoms with Crippen LogP contribution in [0.25, 0.3) is 10.8 Å². The summed E-state index contributed by atoms with van der Waals surface area (Å²) in [6.07, 6.45) is 2.89. The lowest BCUT2D eigenvalue weighted by Gasteiger charge is -2.24. The average Bonchev–Trinajstić information content (AvgIpc) is 3.25. The Morgan fingerprint density at radius 3 is 2.56 bits per heavy atom. The van der Waals surface area contributed by atoms with E-state index in [9.17, 15) is 4.79 Å². The fraction of sp³-hybridized carbons (Fsp3) is 0.250. The summed E-state index contributed by atoms with van der Waals surface area (Å²) >= 11 is 0. The van der Waals surface area contributed by atoms with Crippen LogP contribution in [0.3, 0.4) is 0 Å². The molecule has 0 unspecified atom stereocenters.